The molecular formula is C19H13ClFN3O5S. The van der Waals surface area contributed by atoms with Crippen molar-refractivity contribution < 1.29 is 19.3 Å². The van der Waals surface area contributed by atoms with Crippen LogP contribution < -0.4 is 5.32 Å². The van der Waals surface area contributed by atoms with Gasteiger partial charge in [0, 0.05) is 51.3 Å². The minimum absolute atomic E-state index is 0.0268. The molecule has 0 fully saturated rings. The summed E-state index contributed by atoms with van der Waals surface area (Å²) in [5, 5.41) is 35.0. The monoisotopic (exact) mass is 449 g/mol. The van der Waals surface area contributed by atoms with Crippen LogP contribution in [0.15, 0.2) is 64.4 Å². The van der Waals surface area contributed by atoms with E-state index in [4.69, 9.17) is 11.6 Å². The molecule has 0 atom stereocenters. The minimum atomic E-state index is -1.15. The maximum absolute atomic E-state index is 13.8. The Morgan fingerprint density at radius 3 is 2.37 bits per heavy atom. The van der Waals surface area contributed by atoms with E-state index in [9.17, 15) is 29.7 Å². The maximum Gasteiger partial charge on any atom is 0.315 e. The van der Waals surface area contributed by atoms with E-state index in [1.807, 2.05) is 0 Å². The Morgan fingerprint density at radius 1 is 1.03 bits per heavy atom. The molecule has 0 bridgehead atoms. The molecule has 0 heterocycles. The number of hydrogen-bond acceptors (Lipinski definition) is 7. The van der Waals surface area contributed by atoms with Gasteiger partial charge in [0.2, 0.25) is 5.75 Å². The van der Waals surface area contributed by atoms with Gasteiger partial charge < -0.3 is 10.4 Å². The lowest BCUT2D eigenvalue weighted by Crippen LogP contribution is -2.03. The summed E-state index contributed by atoms with van der Waals surface area (Å²) in [6, 6.07) is 13.2. The number of nitrogens with one attached hydrogen (secondary N) is 1. The molecule has 3 rings (SSSR count). The Morgan fingerprint density at radius 2 is 1.73 bits per heavy atom. The van der Waals surface area contributed by atoms with Crippen LogP contribution in [0.4, 0.5) is 21.5 Å². The van der Waals surface area contributed by atoms with Gasteiger partial charge in [-0.15, -0.1) is 0 Å². The van der Waals surface area contributed by atoms with Crippen LogP contribution in [0.3, 0.4) is 0 Å². The number of halogens is 2. The lowest BCUT2D eigenvalue weighted by Gasteiger charge is -2.12. The van der Waals surface area contributed by atoms with Crippen molar-refractivity contribution in [2.45, 2.75) is 16.3 Å². The zero-order valence-electron chi connectivity index (χ0n) is 15.0. The molecule has 11 heteroatoms. The van der Waals surface area contributed by atoms with Crippen LogP contribution in [0.5, 0.6) is 5.75 Å². The molecule has 0 spiro atoms. The number of benzene rings is 3. The summed E-state index contributed by atoms with van der Waals surface area (Å²) < 4.78 is 13.8. The predicted molar refractivity (Wildman–Crippen MR) is 111 cm³/mol. The van der Waals surface area contributed by atoms with Gasteiger partial charge in [-0.05, 0) is 35.9 Å². The Kier molecular flexibility index (Phi) is 6.38. The number of nitro groups is 2. The van der Waals surface area contributed by atoms with Crippen molar-refractivity contribution >= 4 is 40.4 Å². The molecule has 30 heavy (non-hydrogen) atoms. The van der Waals surface area contributed by atoms with Gasteiger partial charge in [-0.25, -0.2) is 4.39 Å². The molecule has 3 aromatic carbocycles. The highest BCUT2D eigenvalue weighted by Gasteiger charge is 2.20. The fraction of sp³-hybridized carbons (Fsp3) is 0.0526. The average Bonchev–Trinajstić information content (AvgIpc) is 2.70. The van der Waals surface area contributed by atoms with E-state index in [1.165, 1.54) is 23.9 Å². The fourth-order valence-corrected chi connectivity index (χ4v) is 3.62. The Bertz CT molecular complexity index is 1130. The number of aromatic hydroxyl groups is 1. The van der Waals surface area contributed by atoms with Crippen molar-refractivity contribution in [2.75, 3.05) is 5.32 Å². The van der Waals surface area contributed by atoms with Gasteiger partial charge in [-0.1, -0.05) is 23.4 Å². The quantitative estimate of drug-likeness (QED) is 0.267. The highest BCUT2D eigenvalue weighted by Crippen LogP contribution is 2.35. The van der Waals surface area contributed by atoms with Crippen molar-refractivity contribution in [2.24, 2.45) is 0 Å². The van der Waals surface area contributed by atoms with Gasteiger partial charge in [0.05, 0.1) is 9.85 Å². The van der Waals surface area contributed by atoms with Crippen LogP contribution in [0.1, 0.15) is 5.56 Å². The summed E-state index contributed by atoms with van der Waals surface area (Å²) in [6.07, 6.45) is 0. The number of phenolic OH excluding ortho intramolecular Hbond substituents is 1. The summed E-state index contributed by atoms with van der Waals surface area (Å²) in [6.45, 7) is 0.0268. The van der Waals surface area contributed by atoms with Crippen LogP contribution in [0.2, 0.25) is 5.02 Å². The molecule has 8 nitrogen and oxygen atoms in total. The number of rotatable bonds is 7. The molecule has 0 amide bonds. The van der Waals surface area contributed by atoms with Crippen molar-refractivity contribution in [3.05, 3.63) is 91.2 Å². The van der Waals surface area contributed by atoms with Crippen LogP contribution in [-0.4, -0.2) is 15.0 Å². The van der Waals surface area contributed by atoms with Crippen molar-refractivity contribution in [3.8, 4) is 5.75 Å². The summed E-state index contributed by atoms with van der Waals surface area (Å²) in [4.78, 5) is 22.2. The van der Waals surface area contributed by atoms with E-state index in [-0.39, 0.29) is 17.9 Å². The van der Waals surface area contributed by atoms with Gasteiger partial charge in [-0.3, -0.25) is 20.2 Å². The second-order valence-electron chi connectivity index (χ2n) is 6.04. The fourth-order valence-electron chi connectivity index (χ4n) is 2.57. The van der Waals surface area contributed by atoms with E-state index in [0.29, 0.717) is 15.5 Å². The highest BCUT2D eigenvalue weighted by atomic mass is 35.5. The number of phenols is 1. The van der Waals surface area contributed by atoms with Crippen LogP contribution in [0, 0.1) is 26.0 Å². The molecule has 0 saturated carbocycles. The third-order valence-corrected chi connectivity index (χ3v) is 5.40. The second kappa shape index (κ2) is 8.97. The van der Waals surface area contributed by atoms with E-state index in [0.717, 1.165) is 17.0 Å². The number of non-ortho nitro benzene ring substituents is 1. The van der Waals surface area contributed by atoms with Crippen molar-refractivity contribution in [1.29, 1.82) is 0 Å². The van der Waals surface area contributed by atoms with Crippen LogP contribution in [-0.2, 0) is 6.54 Å². The first-order chi connectivity index (χ1) is 14.2. The first-order valence-electron chi connectivity index (χ1n) is 8.36. The molecule has 0 unspecified atom stereocenters. The average molecular weight is 450 g/mol. The van der Waals surface area contributed by atoms with Crippen molar-refractivity contribution in [3.63, 3.8) is 0 Å². The van der Waals surface area contributed by atoms with Crippen molar-refractivity contribution in [1.82, 2.24) is 0 Å². The summed E-state index contributed by atoms with van der Waals surface area (Å²) in [5.74, 6) is -2.21. The first kappa shape index (κ1) is 21.3. The Labute approximate surface area is 178 Å². The summed E-state index contributed by atoms with van der Waals surface area (Å²) >= 11 is 7.24. The number of anilines is 1. The van der Waals surface area contributed by atoms with Gasteiger partial charge in [0.15, 0.2) is 5.82 Å². The first-order valence-corrected chi connectivity index (χ1v) is 9.55. The van der Waals surface area contributed by atoms with Crippen LogP contribution >= 0.6 is 23.4 Å². The molecule has 0 aliphatic carbocycles. The SMILES string of the molecule is O=[N+]([O-])c1ccc(Sc2ccc(Cl)cc2)c(CNc2cc(F)c(O)c([N+](=O)[O-])c2)c1. The standard InChI is InChI=1S/C19H13ClFN3O5S/c20-12-1-4-15(5-2-12)30-18-6-3-14(23(26)27)7-11(18)10-22-13-8-16(21)19(25)17(9-13)24(28)29/h1-9,22,25H,10H2. The molecule has 2 N–H and O–H groups in total. The summed E-state index contributed by atoms with van der Waals surface area (Å²) in [7, 11) is 0. The van der Waals surface area contributed by atoms with Gasteiger partial charge in [-0.2, -0.15) is 0 Å². The molecule has 3 aromatic rings. The Hall–Kier alpha value is -3.37. The number of nitro benzene ring substituents is 2. The minimum Gasteiger partial charge on any atom is -0.500 e. The van der Waals surface area contributed by atoms with Crippen LogP contribution in [0.25, 0.3) is 0 Å². The molecular weight excluding hydrogens is 437 g/mol. The lowest BCUT2D eigenvalue weighted by molar-refractivity contribution is -0.386. The maximum atomic E-state index is 13.8. The topological polar surface area (TPSA) is 119 Å². The molecule has 0 radical (unpaired) electrons. The summed E-state index contributed by atoms with van der Waals surface area (Å²) in [5.41, 5.74) is -0.339. The van der Waals surface area contributed by atoms with Gasteiger partial charge in [0.1, 0.15) is 0 Å². The predicted octanol–water partition coefficient (Wildman–Crippen LogP) is 5.76. The molecule has 154 valence electrons. The molecule has 0 saturated heterocycles. The highest BCUT2D eigenvalue weighted by molar-refractivity contribution is 7.99. The molecule has 0 aromatic heterocycles. The Balaban J connectivity index is 1.90. The third kappa shape index (κ3) is 4.97. The van der Waals surface area contributed by atoms with Gasteiger partial charge >= 0.3 is 5.69 Å². The number of nitrogens with zero attached hydrogens (tertiary/aromatic N) is 2. The van der Waals surface area contributed by atoms with Gasteiger partial charge in [0.25, 0.3) is 5.69 Å². The zero-order valence-corrected chi connectivity index (χ0v) is 16.6. The largest absolute Gasteiger partial charge is 0.500 e. The third-order valence-electron chi connectivity index (χ3n) is 4.02. The zero-order chi connectivity index (χ0) is 21.8. The molecule has 0 aliphatic heterocycles. The van der Waals surface area contributed by atoms with E-state index < -0.39 is 27.1 Å². The van der Waals surface area contributed by atoms with E-state index >= 15 is 0 Å². The van der Waals surface area contributed by atoms with E-state index in [2.05, 4.69) is 5.32 Å². The second-order valence-corrected chi connectivity index (χ2v) is 7.59. The smallest absolute Gasteiger partial charge is 0.315 e. The lowest BCUT2D eigenvalue weighted by atomic mass is 10.2. The van der Waals surface area contributed by atoms with E-state index in [1.54, 1.807) is 30.3 Å². The number of hydrogen-bond donors (Lipinski definition) is 2. The normalized spacial score (nSPS) is 10.6. The molecule has 0 aliphatic rings.